The average Bonchev–Trinajstić information content (AvgIpc) is 3.00. The van der Waals surface area contributed by atoms with Crippen LogP contribution in [0.1, 0.15) is 34.3 Å². The lowest BCUT2D eigenvalue weighted by Gasteiger charge is -2.23. The van der Waals surface area contributed by atoms with Crippen molar-refractivity contribution in [3.05, 3.63) is 132 Å². The fourth-order valence-electron chi connectivity index (χ4n) is 4.19. The number of fused-ring (bicyclic) bond motifs is 1. The fourth-order valence-corrected chi connectivity index (χ4v) is 5.46. The summed E-state index contributed by atoms with van der Waals surface area (Å²) in [6, 6.07) is 36.3. The van der Waals surface area contributed by atoms with Gasteiger partial charge >= 0.3 is 0 Å². The number of halogens is 1. The van der Waals surface area contributed by atoms with Crippen LogP contribution in [0.5, 0.6) is 0 Å². The second kappa shape index (κ2) is 8.91. The van der Waals surface area contributed by atoms with Crippen molar-refractivity contribution in [3.63, 3.8) is 0 Å². The average molecular weight is 424 g/mol. The van der Waals surface area contributed by atoms with Gasteiger partial charge in [0.1, 0.15) is 5.82 Å². The molecular formula is C28H22FNS. The molecule has 0 fully saturated rings. The van der Waals surface area contributed by atoms with Gasteiger partial charge in [0.05, 0.1) is 5.69 Å². The summed E-state index contributed by atoms with van der Waals surface area (Å²) in [7, 11) is 0. The van der Waals surface area contributed by atoms with Crippen LogP contribution in [0.2, 0.25) is 0 Å². The van der Waals surface area contributed by atoms with Gasteiger partial charge in [0.25, 0.3) is 0 Å². The van der Waals surface area contributed by atoms with E-state index in [0.717, 1.165) is 21.9 Å². The molecule has 0 unspecified atom stereocenters. The van der Waals surface area contributed by atoms with Crippen molar-refractivity contribution in [1.29, 1.82) is 0 Å². The molecule has 1 heterocycles. The van der Waals surface area contributed by atoms with E-state index in [9.17, 15) is 4.39 Å². The van der Waals surface area contributed by atoms with Crippen LogP contribution >= 0.6 is 11.8 Å². The number of rotatable bonds is 4. The lowest BCUT2D eigenvalue weighted by atomic mass is 9.84. The van der Waals surface area contributed by atoms with E-state index in [1.165, 1.54) is 11.1 Å². The first-order valence-electron chi connectivity index (χ1n) is 10.5. The summed E-state index contributed by atoms with van der Waals surface area (Å²) < 4.78 is 14.8. The third-order valence-corrected chi connectivity index (χ3v) is 6.95. The van der Waals surface area contributed by atoms with Crippen molar-refractivity contribution in [2.75, 3.05) is 0 Å². The minimum Gasteiger partial charge on any atom is -0.256 e. The lowest BCUT2D eigenvalue weighted by molar-refractivity contribution is 0.608. The smallest absolute Gasteiger partial charge is 0.127 e. The van der Waals surface area contributed by atoms with Crippen LogP contribution in [0.25, 0.3) is 0 Å². The second-order valence-corrected chi connectivity index (χ2v) is 8.90. The summed E-state index contributed by atoms with van der Waals surface area (Å²) in [5, 5.41) is -0.0430. The molecule has 4 aromatic rings. The molecule has 0 N–H and O–H groups in total. The molecule has 0 spiro atoms. The van der Waals surface area contributed by atoms with E-state index in [1.807, 2.05) is 36.4 Å². The molecule has 1 nitrogen and oxygen atoms in total. The van der Waals surface area contributed by atoms with E-state index in [1.54, 1.807) is 23.9 Å². The van der Waals surface area contributed by atoms with Crippen LogP contribution in [-0.4, -0.2) is 5.71 Å². The number of hydrogen-bond acceptors (Lipinski definition) is 2. The van der Waals surface area contributed by atoms with Crippen molar-refractivity contribution < 1.29 is 4.39 Å². The fraction of sp³-hybridized carbons (Fsp3) is 0.107. The highest BCUT2D eigenvalue weighted by Crippen LogP contribution is 2.47. The van der Waals surface area contributed by atoms with Crippen molar-refractivity contribution in [1.82, 2.24) is 0 Å². The van der Waals surface area contributed by atoms with E-state index in [0.29, 0.717) is 6.42 Å². The Morgan fingerprint density at radius 1 is 0.710 bits per heavy atom. The van der Waals surface area contributed by atoms with E-state index < -0.39 is 0 Å². The van der Waals surface area contributed by atoms with Crippen molar-refractivity contribution in [2.24, 2.45) is 4.99 Å². The number of para-hydroxylation sites is 1. The molecule has 152 valence electrons. The summed E-state index contributed by atoms with van der Waals surface area (Å²) in [4.78, 5) is 6.26. The van der Waals surface area contributed by atoms with Gasteiger partial charge in [-0.2, -0.15) is 0 Å². The highest BCUT2D eigenvalue weighted by Gasteiger charge is 2.29. The zero-order valence-electron chi connectivity index (χ0n) is 17.0. The van der Waals surface area contributed by atoms with Gasteiger partial charge in [0.15, 0.2) is 0 Å². The first-order valence-corrected chi connectivity index (χ1v) is 11.3. The number of hydrogen-bond donors (Lipinski definition) is 0. The molecule has 1 aliphatic rings. The molecule has 0 aliphatic carbocycles. The molecule has 5 rings (SSSR count). The number of nitrogens with zero attached hydrogens (tertiary/aromatic N) is 1. The van der Waals surface area contributed by atoms with Crippen LogP contribution in [-0.2, 0) is 0 Å². The molecule has 1 atom stereocenters. The van der Waals surface area contributed by atoms with Gasteiger partial charge in [-0.1, -0.05) is 91.0 Å². The topological polar surface area (TPSA) is 12.4 Å². The van der Waals surface area contributed by atoms with E-state index in [2.05, 4.69) is 60.7 Å². The third-order valence-electron chi connectivity index (χ3n) is 5.64. The first kappa shape index (κ1) is 19.8. The van der Waals surface area contributed by atoms with Gasteiger partial charge in [-0.3, -0.25) is 4.99 Å². The van der Waals surface area contributed by atoms with E-state index >= 15 is 0 Å². The number of aliphatic imine (C=N–C) groups is 1. The normalized spacial score (nSPS) is 15.8. The lowest BCUT2D eigenvalue weighted by Crippen LogP contribution is -2.16. The Labute approximate surface area is 186 Å². The van der Waals surface area contributed by atoms with Crippen LogP contribution < -0.4 is 0 Å². The Morgan fingerprint density at radius 2 is 1.29 bits per heavy atom. The maximum absolute atomic E-state index is 14.8. The minimum atomic E-state index is -0.158. The molecule has 0 aromatic heterocycles. The zero-order valence-corrected chi connectivity index (χ0v) is 17.8. The second-order valence-electron chi connectivity index (χ2n) is 7.66. The van der Waals surface area contributed by atoms with E-state index in [4.69, 9.17) is 4.99 Å². The Kier molecular flexibility index (Phi) is 5.68. The molecular weight excluding hydrogens is 401 g/mol. The zero-order chi connectivity index (χ0) is 21.0. The van der Waals surface area contributed by atoms with Gasteiger partial charge in [-0.05, 0) is 29.3 Å². The van der Waals surface area contributed by atoms with Gasteiger partial charge in [0.2, 0.25) is 0 Å². The molecule has 1 aliphatic heterocycles. The maximum atomic E-state index is 14.8. The molecule has 0 radical (unpaired) electrons. The summed E-state index contributed by atoms with van der Waals surface area (Å²) in [5.74, 6) is -0.141. The van der Waals surface area contributed by atoms with Crippen molar-refractivity contribution in [3.8, 4) is 0 Å². The Hall–Kier alpha value is -3.17. The summed E-state index contributed by atoms with van der Waals surface area (Å²) in [5.41, 5.74) is 5.14. The maximum Gasteiger partial charge on any atom is 0.127 e. The Balaban J connectivity index is 1.67. The largest absolute Gasteiger partial charge is 0.256 e. The van der Waals surface area contributed by atoms with Gasteiger partial charge in [0, 0.05) is 33.8 Å². The van der Waals surface area contributed by atoms with Gasteiger partial charge in [-0.15, -0.1) is 11.8 Å². The molecule has 0 bridgehead atoms. The quantitative estimate of drug-likeness (QED) is 0.324. The summed E-state index contributed by atoms with van der Waals surface area (Å²) in [6.45, 7) is 0. The predicted molar refractivity (Wildman–Crippen MR) is 128 cm³/mol. The minimum absolute atomic E-state index is 0.0171. The SMILES string of the molecule is Fc1ccccc1[C@H]1CC(C(c2ccccc2)c2ccccc2)=Nc2ccccc2S1. The van der Waals surface area contributed by atoms with Crippen LogP contribution in [0.4, 0.5) is 10.1 Å². The van der Waals surface area contributed by atoms with Crippen LogP contribution in [0, 0.1) is 5.82 Å². The van der Waals surface area contributed by atoms with Crippen LogP contribution in [0.15, 0.2) is 119 Å². The molecule has 4 aromatic carbocycles. The summed E-state index contributed by atoms with van der Waals surface area (Å²) in [6.07, 6.45) is 0.675. The van der Waals surface area contributed by atoms with Crippen molar-refractivity contribution >= 4 is 23.2 Å². The first-order chi connectivity index (χ1) is 15.3. The Morgan fingerprint density at radius 3 is 1.97 bits per heavy atom. The van der Waals surface area contributed by atoms with E-state index in [-0.39, 0.29) is 17.0 Å². The molecule has 31 heavy (non-hydrogen) atoms. The monoisotopic (exact) mass is 423 g/mol. The highest BCUT2D eigenvalue weighted by atomic mass is 32.2. The number of thioether (sulfide) groups is 1. The highest BCUT2D eigenvalue weighted by molar-refractivity contribution is 7.99. The Bertz CT molecular complexity index is 1160. The predicted octanol–water partition coefficient (Wildman–Crippen LogP) is 7.97. The van der Waals surface area contributed by atoms with Gasteiger partial charge < -0.3 is 0 Å². The van der Waals surface area contributed by atoms with Gasteiger partial charge in [-0.25, -0.2) is 4.39 Å². The molecule has 3 heteroatoms. The number of benzene rings is 4. The van der Waals surface area contributed by atoms with Crippen LogP contribution in [0.3, 0.4) is 0 Å². The molecule has 0 saturated heterocycles. The molecule has 0 amide bonds. The van der Waals surface area contributed by atoms with Crippen molar-refractivity contribution in [2.45, 2.75) is 22.5 Å². The molecule has 0 saturated carbocycles. The standard InChI is InChI=1S/C28H22FNS/c29-23-16-8-7-15-22(23)27-19-25(30-24-17-9-10-18-26(24)31-27)28(20-11-3-1-4-12-20)21-13-5-2-6-14-21/h1-18,27-28H,19H2/t27-/m1/s1. The third kappa shape index (κ3) is 4.19. The summed E-state index contributed by atoms with van der Waals surface area (Å²) >= 11 is 1.70.